The van der Waals surface area contributed by atoms with Crippen LogP contribution in [0, 0.1) is 6.92 Å². The van der Waals surface area contributed by atoms with Crippen molar-refractivity contribution < 1.29 is 13.2 Å². The van der Waals surface area contributed by atoms with Crippen molar-refractivity contribution in [2.45, 2.75) is 11.8 Å². The van der Waals surface area contributed by atoms with E-state index in [2.05, 4.69) is 15.3 Å². The van der Waals surface area contributed by atoms with Crippen molar-refractivity contribution in [1.29, 1.82) is 0 Å². The van der Waals surface area contributed by atoms with E-state index in [9.17, 15) is 13.2 Å². The Kier molecular flexibility index (Phi) is 6.12. The molecule has 2 N–H and O–H groups in total. The fourth-order valence-corrected chi connectivity index (χ4v) is 4.89. The van der Waals surface area contributed by atoms with Gasteiger partial charge >= 0.3 is 0 Å². The number of aryl methyl sites for hydroxylation is 1. The number of fused-ring (bicyclic) bond motifs is 1. The lowest BCUT2D eigenvalue weighted by molar-refractivity contribution is 0.102. The van der Waals surface area contributed by atoms with Crippen molar-refractivity contribution >= 4 is 44.1 Å². The Balaban J connectivity index is 1.38. The van der Waals surface area contributed by atoms with E-state index in [0.29, 0.717) is 27.7 Å². The van der Waals surface area contributed by atoms with Gasteiger partial charge in [0.2, 0.25) is 0 Å². The number of para-hydroxylation sites is 2. The Labute approximate surface area is 213 Å². The predicted octanol–water partition coefficient (Wildman–Crippen LogP) is 6.51. The molecule has 36 heavy (non-hydrogen) atoms. The molecule has 1 aromatic heterocycles. The second-order valence-corrected chi connectivity index (χ2v) is 11.0. The first kappa shape index (κ1) is 23.8. The van der Waals surface area contributed by atoms with Gasteiger partial charge in [-0.15, -0.1) is 0 Å². The zero-order valence-electron chi connectivity index (χ0n) is 19.5. The third kappa shape index (κ3) is 4.76. The molecule has 5 aromatic rings. The second kappa shape index (κ2) is 9.26. The Hall–Kier alpha value is -3.94. The smallest absolute Gasteiger partial charge is 0.255 e. The van der Waals surface area contributed by atoms with Gasteiger partial charge in [0, 0.05) is 23.1 Å². The van der Waals surface area contributed by atoms with E-state index < -0.39 is 9.84 Å². The maximum Gasteiger partial charge on any atom is 0.255 e. The minimum atomic E-state index is -3.26. The zero-order chi connectivity index (χ0) is 25.4. The molecule has 0 aliphatic heterocycles. The highest BCUT2D eigenvalue weighted by Crippen LogP contribution is 2.31. The van der Waals surface area contributed by atoms with Crippen LogP contribution in [0.4, 0.5) is 5.69 Å². The first-order valence-electron chi connectivity index (χ1n) is 11.2. The number of nitrogens with one attached hydrogen (secondary N) is 2. The number of amides is 1. The minimum absolute atomic E-state index is 0.246. The largest absolute Gasteiger partial charge is 0.338 e. The molecule has 0 saturated heterocycles. The van der Waals surface area contributed by atoms with Crippen molar-refractivity contribution in [3.63, 3.8) is 0 Å². The first-order chi connectivity index (χ1) is 17.2. The van der Waals surface area contributed by atoms with Crippen LogP contribution in [0.15, 0.2) is 89.8 Å². The van der Waals surface area contributed by atoms with Gasteiger partial charge in [-0.2, -0.15) is 0 Å². The number of halogens is 1. The van der Waals surface area contributed by atoms with Gasteiger partial charge in [0.25, 0.3) is 5.91 Å². The molecule has 8 heteroatoms. The molecule has 0 unspecified atom stereocenters. The van der Waals surface area contributed by atoms with Crippen LogP contribution in [-0.2, 0) is 9.84 Å². The van der Waals surface area contributed by atoms with Gasteiger partial charge in [-0.1, -0.05) is 48.0 Å². The number of aromatic nitrogens is 2. The summed E-state index contributed by atoms with van der Waals surface area (Å²) in [6.45, 7) is 1.87. The molecular weight excluding hydrogens is 494 g/mol. The lowest BCUT2D eigenvalue weighted by atomic mass is 9.99. The molecular formula is C28H22ClN3O3S. The predicted molar refractivity (Wildman–Crippen MR) is 144 cm³/mol. The van der Waals surface area contributed by atoms with Gasteiger partial charge in [0.15, 0.2) is 9.84 Å². The summed E-state index contributed by atoms with van der Waals surface area (Å²) >= 11 is 6.44. The number of H-pyrrole nitrogens is 1. The summed E-state index contributed by atoms with van der Waals surface area (Å²) in [5, 5.41) is 3.47. The Morgan fingerprint density at radius 2 is 1.64 bits per heavy atom. The van der Waals surface area contributed by atoms with Crippen molar-refractivity contribution in [2.24, 2.45) is 0 Å². The molecule has 5 rings (SSSR count). The number of aromatic amines is 1. The molecule has 0 aliphatic carbocycles. The molecule has 6 nitrogen and oxygen atoms in total. The van der Waals surface area contributed by atoms with E-state index in [0.717, 1.165) is 27.7 Å². The van der Waals surface area contributed by atoms with Crippen LogP contribution in [0.1, 0.15) is 15.9 Å². The van der Waals surface area contributed by atoms with Crippen molar-refractivity contribution in [3.05, 3.63) is 101 Å². The fourth-order valence-electron chi connectivity index (χ4n) is 4.06. The van der Waals surface area contributed by atoms with Crippen LogP contribution in [0.25, 0.3) is 33.5 Å². The Morgan fingerprint density at radius 1 is 0.917 bits per heavy atom. The highest BCUT2D eigenvalue weighted by Gasteiger charge is 2.14. The summed E-state index contributed by atoms with van der Waals surface area (Å²) in [6, 6.07) is 25.2. The summed E-state index contributed by atoms with van der Waals surface area (Å²) in [5.41, 5.74) is 6.11. The number of anilines is 1. The highest BCUT2D eigenvalue weighted by molar-refractivity contribution is 7.90. The minimum Gasteiger partial charge on any atom is -0.338 e. The molecule has 4 aromatic carbocycles. The lowest BCUT2D eigenvalue weighted by Gasteiger charge is -2.11. The Bertz CT molecular complexity index is 1690. The number of hydrogen-bond acceptors (Lipinski definition) is 4. The number of sulfone groups is 1. The van der Waals surface area contributed by atoms with Crippen LogP contribution in [-0.4, -0.2) is 30.5 Å². The number of carbonyl (C=O) groups is 1. The number of carbonyl (C=O) groups excluding carboxylic acids is 1. The summed E-state index contributed by atoms with van der Waals surface area (Å²) in [6.07, 6.45) is 1.18. The molecule has 1 heterocycles. The third-order valence-electron chi connectivity index (χ3n) is 5.96. The van der Waals surface area contributed by atoms with E-state index in [-0.39, 0.29) is 10.8 Å². The van der Waals surface area contributed by atoms with Gasteiger partial charge in [-0.25, -0.2) is 13.4 Å². The molecule has 0 bridgehead atoms. The number of imidazole rings is 1. The van der Waals surface area contributed by atoms with Gasteiger partial charge in [-0.05, 0) is 72.1 Å². The molecule has 0 spiro atoms. The normalized spacial score (nSPS) is 11.5. The second-order valence-electron chi connectivity index (χ2n) is 8.58. The zero-order valence-corrected chi connectivity index (χ0v) is 21.1. The van der Waals surface area contributed by atoms with Gasteiger partial charge in [0.05, 0.1) is 21.0 Å². The Morgan fingerprint density at radius 3 is 2.33 bits per heavy atom. The van der Waals surface area contributed by atoms with E-state index in [1.165, 1.54) is 6.26 Å². The average molecular weight is 516 g/mol. The van der Waals surface area contributed by atoms with Crippen LogP contribution in [0.2, 0.25) is 5.02 Å². The highest BCUT2D eigenvalue weighted by atomic mass is 35.5. The third-order valence-corrected chi connectivity index (χ3v) is 7.41. The van der Waals surface area contributed by atoms with Crippen LogP contribution in [0.5, 0.6) is 0 Å². The topological polar surface area (TPSA) is 91.9 Å². The number of rotatable bonds is 5. The molecule has 0 saturated carbocycles. The summed E-state index contributed by atoms with van der Waals surface area (Å²) in [7, 11) is -3.26. The fraction of sp³-hybridized carbons (Fsp3) is 0.0714. The molecule has 0 fully saturated rings. The van der Waals surface area contributed by atoms with Crippen LogP contribution < -0.4 is 5.32 Å². The van der Waals surface area contributed by atoms with E-state index in [1.807, 2.05) is 43.3 Å². The van der Waals surface area contributed by atoms with Crippen LogP contribution in [0.3, 0.4) is 0 Å². The van der Waals surface area contributed by atoms with E-state index in [1.54, 1.807) is 48.5 Å². The van der Waals surface area contributed by atoms with Crippen molar-refractivity contribution in [1.82, 2.24) is 9.97 Å². The maximum atomic E-state index is 13.1. The van der Waals surface area contributed by atoms with E-state index in [4.69, 9.17) is 11.6 Å². The molecule has 0 aliphatic rings. The summed E-state index contributed by atoms with van der Waals surface area (Å²) in [4.78, 5) is 21.2. The molecule has 0 radical (unpaired) electrons. The first-order valence-corrected chi connectivity index (χ1v) is 13.4. The van der Waals surface area contributed by atoms with Crippen molar-refractivity contribution in [2.75, 3.05) is 11.6 Å². The quantitative estimate of drug-likeness (QED) is 0.279. The number of benzene rings is 4. The summed E-state index contributed by atoms with van der Waals surface area (Å²) in [5.74, 6) is 0.379. The monoisotopic (exact) mass is 515 g/mol. The van der Waals surface area contributed by atoms with E-state index >= 15 is 0 Å². The summed E-state index contributed by atoms with van der Waals surface area (Å²) < 4.78 is 23.4. The van der Waals surface area contributed by atoms with Gasteiger partial charge < -0.3 is 10.3 Å². The van der Waals surface area contributed by atoms with Crippen molar-refractivity contribution in [3.8, 4) is 22.5 Å². The number of nitrogens with zero attached hydrogens (tertiary/aromatic N) is 1. The van der Waals surface area contributed by atoms with Gasteiger partial charge in [-0.3, -0.25) is 4.79 Å². The van der Waals surface area contributed by atoms with Gasteiger partial charge in [0.1, 0.15) is 5.82 Å². The molecule has 1 amide bonds. The number of hydrogen-bond donors (Lipinski definition) is 2. The average Bonchev–Trinajstić information content (AvgIpc) is 3.29. The molecule has 0 atom stereocenters. The standard InChI is InChI=1S/C28H22ClN3O3S/c1-17-15-19(18-7-11-21(12-8-18)36(2,34)35)9-13-22(17)28(33)30-20-10-14-24(29)23(16-20)27-31-25-5-3-4-6-26(25)32-27/h3-16H,1-2H3,(H,30,33)(H,31,32). The maximum absolute atomic E-state index is 13.1. The van der Waals surface area contributed by atoms with Crippen LogP contribution >= 0.6 is 11.6 Å². The SMILES string of the molecule is Cc1cc(-c2ccc(S(C)(=O)=O)cc2)ccc1C(=O)Nc1ccc(Cl)c(-c2nc3ccccc3[nH]2)c1. The lowest BCUT2D eigenvalue weighted by Crippen LogP contribution is -2.13. The molecule has 180 valence electrons.